The van der Waals surface area contributed by atoms with Crippen LogP contribution in [0.15, 0.2) is 29.8 Å². The van der Waals surface area contributed by atoms with E-state index in [0.717, 1.165) is 5.56 Å². The SMILES string of the molecule is FC(F)c1ccc(/C=C(/CCl)C2CCCCC2)cc1. The van der Waals surface area contributed by atoms with Gasteiger partial charge in [-0.1, -0.05) is 55.2 Å². The van der Waals surface area contributed by atoms with E-state index in [9.17, 15) is 8.78 Å². The standard InChI is InChI=1S/C16H19ClF2/c17-11-15(13-4-2-1-3-5-13)10-12-6-8-14(9-7-12)16(18)19/h6-10,13,16H,1-5,11H2/b15-10-. The van der Waals surface area contributed by atoms with Crippen molar-refractivity contribution in [3.05, 3.63) is 41.0 Å². The van der Waals surface area contributed by atoms with E-state index in [-0.39, 0.29) is 5.56 Å². The molecular formula is C16H19ClF2. The summed E-state index contributed by atoms with van der Waals surface area (Å²) in [6.07, 6.45) is 5.92. The molecule has 1 aliphatic carbocycles. The topological polar surface area (TPSA) is 0 Å². The number of benzene rings is 1. The molecule has 1 fully saturated rings. The second-order valence-electron chi connectivity index (χ2n) is 5.16. The molecule has 2 rings (SSSR count). The average molecular weight is 285 g/mol. The highest BCUT2D eigenvalue weighted by Gasteiger charge is 2.17. The zero-order chi connectivity index (χ0) is 13.7. The molecule has 0 spiro atoms. The van der Waals surface area contributed by atoms with Gasteiger partial charge in [-0.05, 0) is 24.3 Å². The van der Waals surface area contributed by atoms with Gasteiger partial charge in [0.2, 0.25) is 0 Å². The van der Waals surface area contributed by atoms with Crippen molar-refractivity contribution in [3.63, 3.8) is 0 Å². The van der Waals surface area contributed by atoms with Crippen molar-refractivity contribution < 1.29 is 8.78 Å². The first-order chi connectivity index (χ1) is 9.20. The number of allylic oxidation sites excluding steroid dienone is 1. The second kappa shape index (κ2) is 7.04. The second-order valence-corrected chi connectivity index (χ2v) is 5.42. The van der Waals surface area contributed by atoms with Crippen LogP contribution in [0.3, 0.4) is 0 Å². The quantitative estimate of drug-likeness (QED) is 0.611. The molecule has 0 aliphatic heterocycles. The van der Waals surface area contributed by atoms with Gasteiger partial charge in [0.15, 0.2) is 0 Å². The Kier molecular flexibility index (Phi) is 5.38. The fraction of sp³-hybridized carbons (Fsp3) is 0.500. The third kappa shape index (κ3) is 4.04. The molecule has 104 valence electrons. The Morgan fingerprint density at radius 2 is 1.79 bits per heavy atom. The molecular weight excluding hydrogens is 266 g/mol. The van der Waals surface area contributed by atoms with Crippen molar-refractivity contribution in [1.29, 1.82) is 0 Å². The van der Waals surface area contributed by atoms with Gasteiger partial charge in [-0.3, -0.25) is 0 Å². The molecule has 1 saturated carbocycles. The summed E-state index contributed by atoms with van der Waals surface area (Å²) in [5.74, 6) is 1.10. The van der Waals surface area contributed by atoms with Crippen LogP contribution in [-0.2, 0) is 0 Å². The monoisotopic (exact) mass is 284 g/mol. The third-order valence-electron chi connectivity index (χ3n) is 3.82. The van der Waals surface area contributed by atoms with Gasteiger partial charge in [-0.2, -0.15) is 0 Å². The lowest BCUT2D eigenvalue weighted by molar-refractivity contribution is 0.151. The maximum absolute atomic E-state index is 12.5. The molecule has 0 N–H and O–H groups in total. The van der Waals surface area contributed by atoms with Crippen molar-refractivity contribution >= 4 is 17.7 Å². The first kappa shape index (κ1) is 14.5. The molecule has 0 heterocycles. The Labute approximate surface area is 118 Å². The van der Waals surface area contributed by atoms with Gasteiger partial charge in [0.1, 0.15) is 0 Å². The van der Waals surface area contributed by atoms with E-state index < -0.39 is 6.43 Å². The van der Waals surface area contributed by atoms with Gasteiger partial charge in [0, 0.05) is 11.4 Å². The lowest BCUT2D eigenvalue weighted by atomic mass is 9.83. The molecule has 0 bridgehead atoms. The smallest absolute Gasteiger partial charge is 0.205 e. The highest BCUT2D eigenvalue weighted by Crippen LogP contribution is 2.31. The van der Waals surface area contributed by atoms with Crippen LogP contribution in [-0.4, -0.2) is 5.88 Å². The van der Waals surface area contributed by atoms with E-state index in [1.165, 1.54) is 49.8 Å². The van der Waals surface area contributed by atoms with Gasteiger partial charge < -0.3 is 0 Å². The van der Waals surface area contributed by atoms with Crippen molar-refractivity contribution in [2.75, 3.05) is 5.88 Å². The minimum Gasteiger partial charge on any atom is -0.205 e. The van der Waals surface area contributed by atoms with Crippen LogP contribution in [0.4, 0.5) is 8.78 Å². The summed E-state index contributed by atoms with van der Waals surface area (Å²) in [4.78, 5) is 0. The molecule has 1 aliphatic rings. The number of alkyl halides is 3. The fourth-order valence-electron chi connectivity index (χ4n) is 2.69. The first-order valence-electron chi connectivity index (χ1n) is 6.85. The first-order valence-corrected chi connectivity index (χ1v) is 7.38. The molecule has 0 amide bonds. The molecule has 19 heavy (non-hydrogen) atoms. The van der Waals surface area contributed by atoms with Gasteiger partial charge >= 0.3 is 0 Å². The van der Waals surface area contributed by atoms with Gasteiger partial charge in [-0.15, -0.1) is 11.6 Å². The summed E-state index contributed by atoms with van der Waals surface area (Å²) in [6.45, 7) is 0. The van der Waals surface area contributed by atoms with Gasteiger partial charge in [-0.25, -0.2) is 8.78 Å². The average Bonchev–Trinajstić information content (AvgIpc) is 2.46. The van der Waals surface area contributed by atoms with Gasteiger partial charge in [0.25, 0.3) is 6.43 Å². The van der Waals surface area contributed by atoms with Crippen LogP contribution in [0.2, 0.25) is 0 Å². The van der Waals surface area contributed by atoms with Crippen LogP contribution >= 0.6 is 11.6 Å². The summed E-state index contributed by atoms with van der Waals surface area (Å²) < 4.78 is 25.0. The Morgan fingerprint density at radius 1 is 1.16 bits per heavy atom. The molecule has 0 unspecified atom stereocenters. The molecule has 0 nitrogen and oxygen atoms in total. The van der Waals surface area contributed by atoms with Crippen molar-refractivity contribution in [3.8, 4) is 0 Å². The zero-order valence-electron chi connectivity index (χ0n) is 10.9. The van der Waals surface area contributed by atoms with Crippen LogP contribution < -0.4 is 0 Å². The van der Waals surface area contributed by atoms with E-state index in [1.807, 2.05) is 0 Å². The summed E-state index contributed by atoms with van der Waals surface area (Å²) in [5.41, 5.74) is 2.28. The Bertz CT molecular complexity index is 417. The van der Waals surface area contributed by atoms with Crippen LogP contribution in [0.5, 0.6) is 0 Å². The molecule has 0 aromatic heterocycles. The highest BCUT2D eigenvalue weighted by atomic mass is 35.5. The maximum Gasteiger partial charge on any atom is 0.263 e. The van der Waals surface area contributed by atoms with E-state index in [2.05, 4.69) is 6.08 Å². The summed E-state index contributed by atoms with van der Waals surface area (Å²) in [6, 6.07) is 6.47. The summed E-state index contributed by atoms with van der Waals surface area (Å²) >= 11 is 6.04. The van der Waals surface area contributed by atoms with Crippen LogP contribution in [0.1, 0.15) is 49.7 Å². The Hall–Kier alpha value is -0.890. The number of rotatable bonds is 4. The van der Waals surface area contributed by atoms with Crippen molar-refractivity contribution in [2.45, 2.75) is 38.5 Å². The van der Waals surface area contributed by atoms with E-state index in [1.54, 1.807) is 12.1 Å². The van der Waals surface area contributed by atoms with E-state index >= 15 is 0 Å². The molecule has 3 heteroatoms. The third-order valence-corrected chi connectivity index (χ3v) is 4.13. The molecule has 0 radical (unpaired) electrons. The molecule has 0 atom stereocenters. The minimum absolute atomic E-state index is 0.0715. The van der Waals surface area contributed by atoms with Crippen LogP contribution in [0, 0.1) is 5.92 Å². The highest BCUT2D eigenvalue weighted by molar-refractivity contribution is 6.19. The van der Waals surface area contributed by atoms with Crippen LogP contribution in [0.25, 0.3) is 6.08 Å². The predicted octanol–water partition coefficient (Wildman–Crippen LogP) is 5.83. The number of hydrogen-bond donors (Lipinski definition) is 0. The number of halogens is 3. The van der Waals surface area contributed by atoms with Gasteiger partial charge in [0.05, 0.1) is 0 Å². The predicted molar refractivity (Wildman–Crippen MR) is 76.7 cm³/mol. The van der Waals surface area contributed by atoms with Crippen molar-refractivity contribution in [2.24, 2.45) is 5.92 Å². The zero-order valence-corrected chi connectivity index (χ0v) is 11.7. The minimum atomic E-state index is -2.40. The lowest BCUT2D eigenvalue weighted by Crippen LogP contribution is -2.10. The maximum atomic E-state index is 12.5. The fourth-order valence-corrected chi connectivity index (χ4v) is 2.99. The normalized spacial score (nSPS) is 18.0. The van der Waals surface area contributed by atoms with E-state index in [4.69, 9.17) is 11.6 Å². The molecule has 1 aromatic rings. The summed E-state index contributed by atoms with van der Waals surface area (Å²) in [7, 11) is 0. The molecule has 0 saturated heterocycles. The Morgan fingerprint density at radius 3 is 2.32 bits per heavy atom. The molecule has 1 aromatic carbocycles. The largest absolute Gasteiger partial charge is 0.263 e. The van der Waals surface area contributed by atoms with E-state index in [0.29, 0.717) is 11.8 Å². The summed E-state index contributed by atoms with van der Waals surface area (Å²) in [5, 5.41) is 0. The lowest BCUT2D eigenvalue weighted by Gasteiger charge is -2.23. The Balaban J connectivity index is 2.12. The van der Waals surface area contributed by atoms with Crippen molar-refractivity contribution in [1.82, 2.24) is 0 Å². The number of hydrogen-bond acceptors (Lipinski definition) is 0.